The molecule has 10 unspecified atom stereocenters. The molecular weight excluding hydrogens is 645 g/mol. The smallest absolute Gasteiger partial charge is 0.306 e. The molecular formula is C51H90O2. The maximum atomic E-state index is 13.2. The first-order valence-corrected chi connectivity index (χ1v) is 24.2. The van der Waals surface area contributed by atoms with Crippen LogP contribution in [0.1, 0.15) is 241 Å². The van der Waals surface area contributed by atoms with E-state index in [1.807, 2.05) is 0 Å². The lowest BCUT2D eigenvalue weighted by Gasteiger charge is -2.69. The predicted molar refractivity (Wildman–Crippen MR) is 228 cm³/mol. The van der Waals surface area contributed by atoms with E-state index in [1.54, 1.807) is 0 Å². The molecule has 0 saturated heterocycles. The number of rotatable bonds is 22. The summed E-state index contributed by atoms with van der Waals surface area (Å²) in [6.07, 6.45) is 40.5. The fourth-order valence-electron chi connectivity index (χ4n) is 14.9. The zero-order valence-corrected chi connectivity index (χ0v) is 36.8. The summed E-state index contributed by atoms with van der Waals surface area (Å²) in [7, 11) is 0. The highest BCUT2D eigenvalue weighted by Gasteiger charge is 2.67. The van der Waals surface area contributed by atoms with Gasteiger partial charge in [0.05, 0.1) is 0 Å². The summed E-state index contributed by atoms with van der Waals surface area (Å²) in [4.78, 5) is 13.2. The Hall–Kier alpha value is -0.790. The molecule has 0 aromatic heterocycles. The number of hydrogen-bond acceptors (Lipinski definition) is 2. The van der Waals surface area contributed by atoms with Gasteiger partial charge in [0.2, 0.25) is 0 Å². The number of hydrogen-bond donors (Lipinski definition) is 0. The van der Waals surface area contributed by atoms with Crippen LogP contribution in [0.3, 0.4) is 0 Å². The van der Waals surface area contributed by atoms with E-state index in [0.717, 1.165) is 42.4 Å². The number of allylic oxidation sites excluding steroid dienone is 1. The van der Waals surface area contributed by atoms with Crippen molar-refractivity contribution in [1.82, 2.24) is 0 Å². The van der Waals surface area contributed by atoms with Crippen LogP contribution in [0.15, 0.2) is 12.2 Å². The summed E-state index contributed by atoms with van der Waals surface area (Å²) >= 11 is 0. The molecule has 5 fully saturated rings. The molecule has 0 bridgehead atoms. The van der Waals surface area contributed by atoms with Crippen molar-refractivity contribution >= 4 is 5.97 Å². The van der Waals surface area contributed by atoms with Gasteiger partial charge in [0.25, 0.3) is 0 Å². The highest BCUT2D eigenvalue weighted by atomic mass is 16.5. The second kappa shape index (κ2) is 19.6. The molecule has 0 radical (unpaired) electrons. The Bertz CT molecular complexity index is 1140. The summed E-state index contributed by atoms with van der Waals surface area (Å²) in [6.45, 7) is 22.2. The minimum atomic E-state index is 0.0516. The van der Waals surface area contributed by atoms with E-state index >= 15 is 0 Å². The SMILES string of the molecule is C=C(C)C1CCC2(C)CCC3C(CCC4C3(C)CCC3C(C)(C)C(OC(=O)CCCCCCCCCCCCCCCCCCCCC)CCC34C)C12. The minimum absolute atomic E-state index is 0.0516. The lowest BCUT2D eigenvalue weighted by Crippen LogP contribution is -2.63. The van der Waals surface area contributed by atoms with E-state index in [2.05, 4.69) is 55.0 Å². The topological polar surface area (TPSA) is 26.3 Å². The van der Waals surface area contributed by atoms with Gasteiger partial charge < -0.3 is 4.74 Å². The summed E-state index contributed by atoms with van der Waals surface area (Å²) in [5, 5.41) is 0. The molecule has 0 spiro atoms. The third kappa shape index (κ3) is 10.0. The van der Waals surface area contributed by atoms with E-state index < -0.39 is 0 Å². The van der Waals surface area contributed by atoms with Gasteiger partial charge in [-0.1, -0.05) is 169 Å². The molecule has 0 N–H and O–H groups in total. The first-order chi connectivity index (χ1) is 25.4. The van der Waals surface area contributed by atoms with Crippen LogP contribution in [0.4, 0.5) is 0 Å². The number of fused-ring (bicyclic) bond motifs is 7. The van der Waals surface area contributed by atoms with Gasteiger partial charge in [0.1, 0.15) is 6.10 Å². The van der Waals surface area contributed by atoms with Gasteiger partial charge in [-0.3, -0.25) is 4.79 Å². The standard InChI is InChI=1S/C51H90O2/c1-9-10-11-12-13-14-15-16-17-18-19-20-21-22-23-24-25-26-27-28-46(52)53-45-34-38-51(8)43(48(45,4)5)33-37-50(7)42-32-36-49(6)35-31-40(39(2)3)47(49)41(42)29-30-44(50)51/h40-45,47H,2,9-38H2,1,3-8H3. The second-order valence-electron chi connectivity index (χ2n) is 21.7. The monoisotopic (exact) mass is 735 g/mol. The zero-order valence-electron chi connectivity index (χ0n) is 36.8. The van der Waals surface area contributed by atoms with Crippen LogP contribution in [0.2, 0.25) is 0 Å². The molecule has 0 aliphatic heterocycles. The van der Waals surface area contributed by atoms with Gasteiger partial charge >= 0.3 is 5.97 Å². The van der Waals surface area contributed by atoms with Crippen molar-refractivity contribution in [3.05, 3.63) is 12.2 Å². The maximum Gasteiger partial charge on any atom is 0.306 e. The average molecular weight is 735 g/mol. The molecule has 0 aromatic carbocycles. The zero-order chi connectivity index (χ0) is 38.1. The Morgan fingerprint density at radius 3 is 1.64 bits per heavy atom. The van der Waals surface area contributed by atoms with Crippen LogP contribution >= 0.6 is 0 Å². The van der Waals surface area contributed by atoms with Crippen molar-refractivity contribution in [1.29, 1.82) is 0 Å². The quantitative estimate of drug-likeness (QED) is 0.0629. The molecule has 306 valence electrons. The van der Waals surface area contributed by atoms with Gasteiger partial charge in [0, 0.05) is 11.8 Å². The lowest BCUT2D eigenvalue weighted by molar-refractivity contribution is -0.222. The summed E-state index contributed by atoms with van der Waals surface area (Å²) in [5.41, 5.74) is 2.89. The molecule has 10 atom stereocenters. The maximum absolute atomic E-state index is 13.2. The van der Waals surface area contributed by atoms with E-state index in [4.69, 9.17) is 4.74 Å². The van der Waals surface area contributed by atoms with Crippen molar-refractivity contribution in [3.8, 4) is 0 Å². The van der Waals surface area contributed by atoms with E-state index in [9.17, 15) is 4.79 Å². The van der Waals surface area contributed by atoms with Crippen molar-refractivity contribution < 1.29 is 9.53 Å². The van der Waals surface area contributed by atoms with E-state index in [1.165, 1.54) is 179 Å². The van der Waals surface area contributed by atoms with Gasteiger partial charge in [-0.15, -0.1) is 0 Å². The third-order valence-corrected chi connectivity index (χ3v) is 17.8. The first-order valence-electron chi connectivity index (χ1n) is 24.2. The van der Waals surface area contributed by atoms with Crippen LogP contribution in [0.5, 0.6) is 0 Å². The molecule has 0 aromatic rings. The number of carbonyl (C=O) groups is 1. The largest absolute Gasteiger partial charge is 0.462 e. The number of unbranched alkanes of at least 4 members (excludes halogenated alkanes) is 18. The number of esters is 1. The van der Waals surface area contributed by atoms with Crippen molar-refractivity contribution in [3.63, 3.8) is 0 Å². The Kier molecular flexibility index (Phi) is 16.0. The Labute approximate surface area is 331 Å². The third-order valence-electron chi connectivity index (χ3n) is 17.8. The van der Waals surface area contributed by atoms with Gasteiger partial charge in [-0.25, -0.2) is 0 Å². The van der Waals surface area contributed by atoms with Gasteiger partial charge in [0.15, 0.2) is 0 Å². The van der Waals surface area contributed by atoms with E-state index in [-0.39, 0.29) is 17.5 Å². The first kappa shape index (κ1) is 43.3. The molecule has 2 nitrogen and oxygen atoms in total. The van der Waals surface area contributed by atoms with Crippen LogP contribution in [0.25, 0.3) is 0 Å². The van der Waals surface area contributed by atoms with Crippen molar-refractivity contribution in [2.75, 3.05) is 0 Å². The minimum Gasteiger partial charge on any atom is -0.462 e. The molecule has 5 rings (SSSR count). The molecule has 5 aliphatic carbocycles. The fourth-order valence-corrected chi connectivity index (χ4v) is 14.9. The van der Waals surface area contributed by atoms with Crippen LogP contribution < -0.4 is 0 Å². The average Bonchev–Trinajstić information content (AvgIpc) is 3.48. The molecule has 2 heteroatoms. The lowest BCUT2D eigenvalue weighted by atomic mass is 9.36. The van der Waals surface area contributed by atoms with Crippen molar-refractivity contribution in [2.45, 2.75) is 247 Å². The predicted octanol–water partition coefficient (Wildman–Crippen LogP) is 16.0. The molecule has 0 amide bonds. The van der Waals surface area contributed by atoms with Crippen LogP contribution in [0, 0.1) is 57.2 Å². The molecule has 53 heavy (non-hydrogen) atoms. The fraction of sp³-hybridized carbons (Fsp3) is 0.941. The molecule has 5 aliphatic rings. The van der Waals surface area contributed by atoms with Gasteiger partial charge in [-0.2, -0.15) is 0 Å². The van der Waals surface area contributed by atoms with Crippen LogP contribution in [-0.2, 0) is 9.53 Å². The van der Waals surface area contributed by atoms with Gasteiger partial charge in [-0.05, 0) is 129 Å². The van der Waals surface area contributed by atoms with Crippen molar-refractivity contribution in [2.24, 2.45) is 57.2 Å². The Balaban J connectivity index is 0.961. The number of ether oxygens (including phenoxy) is 1. The second-order valence-corrected chi connectivity index (χ2v) is 21.7. The molecule has 0 heterocycles. The van der Waals surface area contributed by atoms with Crippen LogP contribution in [-0.4, -0.2) is 12.1 Å². The normalized spacial score (nSPS) is 37.3. The highest BCUT2D eigenvalue weighted by molar-refractivity contribution is 5.69. The Morgan fingerprint density at radius 1 is 0.585 bits per heavy atom. The van der Waals surface area contributed by atoms with E-state index in [0.29, 0.717) is 28.6 Å². The Morgan fingerprint density at radius 2 is 1.09 bits per heavy atom. The summed E-state index contributed by atoms with van der Waals surface area (Å²) in [5.74, 6) is 4.93. The summed E-state index contributed by atoms with van der Waals surface area (Å²) in [6, 6.07) is 0. The number of carbonyl (C=O) groups excluding carboxylic acids is 1. The highest BCUT2D eigenvalue weighted by Crippen LogP contribution is 2.73. The molecule has 5 saturated carbocycles. The summed E-state index contributed by atoms with van der Waals surface area (Å²) < 4.78 is 6.43.